The van der Waals surface area contributed by atoms with Crippen LogP contribution in [0.1, 0.15) is 12.8 Å². The molecule has 3 heterocycles. The smallest absolute Gasteiger partial charge is 0.187 e. The van der Waals surface area contributed by atoms with E-state index >= 15 is 0 Å². The summed E-state index contributed by atoms with van der Waals surface area (Å²) in [5.41, 5.74) is 0. The van der Waals surface area contributed by atoms with E-state index in [0.29, 0.717) is 0 Å². The van der Waals surface area contributed by atoms with Gasteiger partial charge in [-0.15, -0.1) is 0 Å². The van der Waals surface area contributed by atoms with Gasteiger partial charge < -0.3 is 69.3 Å². The minimum atomic E-state index is -1.61. The van der Waals surface area contributed by atoms with E-state index in [1.54, 1.807) is 0 Å². The maximum atomic E-state index is 10.4. The summed E-state index contributed by atoms with van der Waals surface area (Å²) in [4.78, 5) is 0. The fraction of sp³-hybridized carbons (Fsp3) is 1.00. The summed E-state index contributed by atoms with van der Waals surface area (Å²) in [6.45, 7) is -1.64. The van der Waals surface area contributed by atoms with Gasteiger partial charge in [-0.05, 0) is 6.42 Å². The van der Waals surface area contributed by atoms with Gasteiger partial charge >= 0.3 is 0 Å². The Bertz CT molecular complexity index is 593. The third-order valence-corrected chi connectivity index (χ3v) is 6.13. The topological polar surface area (TPSA) is 217 Å². The Morgan fingerprint density at radius 3 is 1.85 bits per heavy atom. The highest BCUT2D eigenvalue weighted by molar-refractivity contribution is 4.92. The van der Waals surface area contributed by atoms with Crippen LogP contribution in [0, 0.1) is 0 Å². The molecule has 0 aromatic rings. The highest BCUT2D eigenvalue weighted by Crippen LogP contribution is 2.31. The average Bonchev–Trinajstić information content (AvgIpc) is 2.83. The van der Waals surface area contributed by atoms with E-state index in [1.807, 2.05) is 0 Å². The zero-order valence-electron chi connectivity index (χ0n) is 18.1. The zero-order chi connectivity index (χ0) is 24.3. The van der Waals surface area contributed by atoms with Crippen molar-refractivity contribution in [1.29, 1.82) is 0 Å². The van der Waals surface area contributed by atoms with E-state index < -0.39 is 99.7 Å². The first kappa shape index (κ1) is 27.0. The predicted octanol–water partition coefficient (Wildman–Crippen LogP) is -4.86. The van der Waals surface area contributed by atoms with Gasteiger partial charge in [0.1, 0.15) is 54.9 Å². The van der Waals surface area contributed by atoms with Gasteiger partial charge in [0.25, 0.3) is 0 Å². The average molecular weight is 486 g/mol. The van der Waals surface area contributed by atoms with Crippen molar-refractivity contribution in [3.8, 4) is 0 Å². The first-order valence-corrected chi connectivity index (χ1v) is 10.8. The highest BCUT2D eigenvalue weighted by atomic mass is 16.7. The number of hydrogen-bond acceptors (Lipinski definition) is 14. The monoisotopic (exact) mass is 486 g/mol. The second-order valence-corrected chi connectivity index (χ2v) is 8.28. The van der Waals surface area contributed by atoms with Crippen LogP contribution in [-0.2, 0) is 28.4 Å². The van der Waals surface area contributed by atoms with Crippen molar-refractivity contribution < 1.29 is 69.3 Å². The van der Waals surface area contributed by atoms with E-state index in [9.17, 15) is 40.9 Å². The van der Waals surface area contributed by atoms with Gasteiger partial charge in [-0.25, -0.2) is 0 Å². The fourth-order valence-electron chi connectivity index (χ4n) is 4.20. The van der Waals surface area contributed by atoms with Crippen LogP contribution in [0.15, 0.2) is 0 Å². The van der Waals surface area contributed by atoms with Gasteiger partial charge in [0.05, 0.1) is 25.9 Å². The fourth-order valence-corrected chi connectivity index (χ4v) is 4.20. The van der Waals surface area contributed by atoms with Gasteiger partial charge in [-0.3, -0.25) is 0 Å². The Hall–Kier alpha value is -0.560. The van der Waals surface area contributed by atoms with Crippen LogP contribution in [0.25, 0.3) is 0 Å². The van der Waals surface area contributed by atoms with Crippen molar-refractivity contribution in [3.63, 3.8) is 0 Å². The minimum Gasteiger partial charge on any atom is -0.394 e. The van der Waals surface area contributed by atoms with Crippen molar-refractivity contribution in [2.45, 2.75) is 92.8 Å². The molecule has 3 rings (SSSR count). The second-order valence-electron chi connectivity index (χ2n) is 8.28. The van der Waals surface area contributed by atoms with Gasteiger partial charge in [-0.1, -0.05) is 0 Å². The molecule has 3 aliphatic heterocycles. The molecule has 0 saturated carbocycles. The molecule has 0 amide bonds. The molecule has 0 aromatic carbocycles. The van der Waals surface area contributed by atoms with Crippen LogP contribution in [0.2, 0.25) is 0 Å². The number of rotatable bonds is 8. The number of aliphatic hydroxyl groups excluding tert-OH is 8. The second kappa shape index (κ2) is 11.9. The normalized spacial score (nSPS) is 49.2. The molecule has 0 spiro atoms. The third kappa shape index (κ3) is 5.82. The Kier molecular flexibility index (Phi) is 9.76. The molecule has 8 N–H and O–H groups in total. The van der Waals surface area contributed by atoms with Crippen molar-refractivity contribution >= 4 is 0 Å². The molecule has 0 aliphatic carbocycles. The SMILES string of the molecule is CO[C@H]1OC(CO)[C@@H](O[C@@H]2CC[C@H](O[C@H]3OC(CO)[C@@H](O)C(O)C3O)C(CO)O2)C(O)C1O. The quantitative estimate of drug-likeness (QED) is 0.161. The maximum Gasteiger partial charge on any atom is 0.187 e. The molecule has 194 valence electrons. The predicted molar refractivity (Wildman–Crippen MR) is 103 cm³/mol. The summed E-state index contributed by atoms with van der Waals surface area (Å²) in [6, 6.07) is 0. The molecule has 0 bridgehead atoms. The molecule has 13 atom stereocenters. The summed E-state index contributed by atoms with van der Waals surface area (Å²) in [6.07, 6.45) is -15.7. The summed E-state index contributed by atoms with van der Waals surface area (Å²) in [5, 5.41) is 79.1. The van der Waals surface area contributed by atoms with Crippen LogP contribution >= 0.6 is 0 Å². The zero-order valence-corrected chi connectivity index (χ0v) is 18.1. The summed E-state index contributed by atoms with van der Waals surface area (Å²) >= 11 is 0. The van der Waals surface area contributed by atoms with E-state index in [1.165, 1.54) is 7.11 Å². The largest absolute Gasteiger partial charge is 0.394 e. The number of methoxy groups -OCH3 is 1. The van der Waals surface area contributed by atoms with Crippen LogP contribution < -0.4 is 0 Å². The van der Waals surface area contributed by atoms with Crippen LogP contribution in [0.3, 0.4) is 0 Å². The Labute approximate surface area is 189 Å². The molecule has 3 fully saturated rings. The molecular formula is C19H34O14. The highest BCUT2D eigenvalue weighted by Gasteiger charge is 2.49. The lowest BCUT2D eigenvalue weighted by molar-refractivity contribution is -0.351. The summed E-state index contributed by atoms with van der Waals surface area (Å²) in [7, 11) is 1.28. The Balaban J connectivity index is 1.60. The number of ether oxygens (including phenoxy) is 6. The molecule has 3 saturated heterocycles. The van der Waals surface area contributed by atoms with Crippen molar-refractivity contribution in [1.82, 2.24) is 0 Å². The molecule has 14 heteroatoms. The lowest BCUT2D eigenvalue weighted by Crippen LogP contribution is -2.62. The summed E-state index contributed by atoms with van der Waals surface area (Å²) in [5.74, 6) is 0. The number of aliphatic hydroxyl groups is 8. The van der Waals surface area contributed by atoms with Gasteiger partial charge in [0.15, 0.2) is 18.9 Å². The van der Waals surface area contributed by atoms with E-state index in [4.69, 9.17) is 28.4 Å². The first-order chi connectivity index (χ1) is 15.7. The molecule has 0 radical (unpaired) electrons. The van der Waals surface area contributed by atoms with Gasteiger partial charge in [0, 0.05) is 13.5 Å². The van der Waals surface area contributed by atoms with E-state index in [0.717, 1.165) is 0 Å². The van der Waals surface area contributed by atoms with Crippen LogP contribution in [0.4, 0.5) is 0 Å². The van der Waals surface area contributed by atoms with Crippen molar-refractivity contribution in [3.05, 3.63) is 0 Å². The minimum absolute atomic E-state index is 0.198. The lowest BCUT2D eigenvalue weighted by Gasteiger charge is -2.45. The van der Waals surface area contributed by atoms with E-state index in [2.05, 4.69) is 0 Å². The van der Waals surface area contributed by atoms with E-state index in [-0.39, 0.29) is 12.8 Å². The molecule has 14 nitrogen and oxygen atoms in total. The van der Waals surface area contributed by atoms with Crippen LogP contribution in [-0.4, -0.2) is 148 Å². The summed E-state index contributed by atoms with van der Waals surface area (Å²) < 4.78 is 32.8. The standard InChI is InChI=1S/C19H34O14/c1-28-18-16(27)14(25)17(10(6-22)32-18)33-11-3-2-7(8(4-20)29-11)30-19-15(26)13(24)12(23)9(5-21)31-19/h7-27H,2-6H2,1H3/t7-,8?,9?,10?,11+,12+,13?,14?,15?,16?,17+,18-,19-/m0/s1. The van der Waals surface area contributed by atoms with Gasteiger partial charge in [0.2, 0.25) is 0 Å². The third-order valence-electron chi connectivity index (χ3n) is 6.13. The van der Waals surface area contributed by atoms with Gasteiger partial charge in [-0.2, -0.15) is 0 Å². The maximum absolute atomic E-state index is 10.4. The lowest BCUT2D eigenvalue weighted by atomic mass is 9.98. The molecular weight excluding hydrogens is 452 g/mol. The molecule has 33 heavy (non-hydrogen) atoms. The van der Waals surface area contributed by atoms with Crippen molar-refractivity contribution in [2.75, 3.05) is 26.9 Å². The Morgan fingerprint density at radius 2 is 1.24 bits per heavy atom. The van der Waals surface area contributed by atoms with Crippen LogP contribution in [0.5, 0.6) is 0 Å². The molecule has 7 unspecified atom stereocenters. The van der Waals surface area contributed by atoms with Crippen molar-refractivity contribution in [2.24, 2.45) is 0 Å². The number of hydrogen-bond donors (Lipinski definition) is 8. The molecule has 0 aromatic heterocycles. The molecule has 3 aliphatic rings. The Morgan fingerprint density at radius 1 is 0.636 bits per heavy atom. The first-order valence-electron chi connectivity index (χ1n) is 10.8.